The van der Waals surface area contributed by atoms with Crippen molar-refractivity contribution >= 4 is 5.78 Å². The van der Waals surface area contributed by atoms with Crippen molar-refractivity contribution < 1.29 is 20.1 Å². The van der Waals surface area contributed by atoms with Gasteiger partial charge in [0, 0.05) is 0 Å². The van der Waals surface area contributed by atoms with E-state index >= 15 is 0 Å². The number of rotatable bonds is 6. The van der Waals surface area contributed by atoms with Gasteiger partial charge in [0.15, 0.2) is 0 Å². The van der Waals surface area contributed by atoms with Crippen LogP contribution in [0.15, 0.2) is 47.6 Å². The standard InChI is InChI=1S/C29H42O4/c1-18(7-12-27(33)29(14-15-29)20(3)30)23-10-11-24-22(6-5-13-28(23,24)4)9-8-21-16-25(31)19(2)26(32)17-21/h7-9,12,18,23-27,31-33H,2,5-6,10-11,13-17H2,1,3-4H3. The van der Waals surface area contributed by atoms with E-state index < -0.39 is 23.7 Å². The van der Waals surface area contributed by atoms with E-state index in [0.717, 1.165) is 24.8 Å². The fourth-order valence-corrected chi connectivity index (χ4v) is 7.16. The Morgan fingerprint density at radius 1 is 1.09 bits per heavy atom. The monoisotopic (exact) mass is 454 g/mol. The van der Waals surface area contributed by atoms with Crippen LogP contribution in [-0.4, -0.2) is 39.4 Å². The van der Waals surface area contributed by atoms with E-state index in [1.165, 1.54) is 31.3 Å². The first-order valence-electron chi connectivity index (χ1n) is 12.9. The summed E-state index contributed by atoms with van der Waals surface area (Å²) in [6.45, 7) is 10.1. The molecule has 0 aromatic carbocycles. The smallest absolute Gasteiger partial charge is 0.138 e. The molecule has 4 aliphatic carbocycles. The zero-order valence-corrected chi connectivity index (χ0v) is 20.6. The van der Waals surface area contributed by atoms with Gasteiger partial charge in [0.25, 0.3) is 0 Å². The van der Waals surface area contributed by atoms with Gasteiger partial charge in [0.05, 0.1) is 23.7 Å². The zero-order chi connectivity index (χ0) is 24.0. The Morgan fingerprint density at radius 2 is 1.76 bits per heavy atom. The van der Waals surface area contributed by atoms with Crippen molar-refractivity contribution in [2.75, 3.05) is 0 Å². The Kier molecular flexibility index (Phi) is 6.93. The molecule has 0 saturated heterocycles. The van der Waals surface area contributed by atoms with Crippen molar-refractivity contribution in [3.63, 3.8) is 0 Å². The maximum Gasteiger partial charge on any atom is 0.138 e. The van der Waals surface area contributed by atoms with Gasteiger partial charge in [-0.25, -0.2) is 0 Å². The molecule has 7 unspecified atom stereocenters. The molecule has 0 bridgehead atoms. The van der Waals surface area contributed by atoms with Gasteiger partial charge in [0.1, 0.15) is 5.78 Å². The Balaban J connectivity index is 1.46. The van der Waals surface area contributed by atoms with Crippen molar-refractivity contribution in [2.45, 2.75) is 96.9 Å². The van der Waals surface area contributed by atoms with Crippen molar-refractivity contribution in [3.05, 3.63) is 47.6 Å². The largest absolute Gasteiger partial charge is 0.388 e. The summed E-state index contributed by atoms with van der Waals surface area (Å²) in [7, 11) is 0. The highest BCUT2D eigenvalue weighted by Gasteiger charge is 2.53. The van der Waals surface area contributed by atoms with Gasteiger partial charge >= 0.3 is 0 Å². The molecule has 7 atom stereocenters. The Labute approximate surface area is 199 Å². The number of hydrogen-bond donors (Lipinski definition) is 3. The van der Waals surface area contributed by atoms with E-state index in [0.29, 0.717) is 36.2 Å². The maximum atomic E-state index is 11.9. The number of Topliss-reactive ketones (excluding diaryl/α,β-unsaturated/α-hetero) is 1. The van der Waals surface area contributed by atoms with Crippen LogP contribution in [0.4, 0.5) is 0 Å². The molecule has 3 N–H and O–H groups in total. The molecular weight excluding hydrogens is 412 g/mol. The van der Waals surface area contributed by atoms with Crippen LogP contribution in [0.25, 0.3) is 0 Å². The lowest BCUT2D eigenvalue weighted by Crippen LogP contribution is -2.35. The third-order valence-corrected chi connectivity index (χ3v) is 9.63. The number of aliphatic hydroxyl groups excluding tert-OH is 3. The van der Waals surface area contributed by atoms with Crippen LogP contribution in [0.2, 0.25) is 0 Å². The maximum absolute atomic E-state index is 11.9. The third-order valence-electron chi connectivity index (χ3n) is 9.63. The number of ketones is 1. The normalized spacial score (nSPS) is 38.9. The van der Waals surface area contributed by atoms with Crippen molar-refractivity contribution in [1.82, 2.24) is 0 Å². The number of aliphatic hydroxyl groups is 3. The summed E-state index contributed by atoms with van der Waals surface area (Å²) in [5.74, 6) is 1.61. The first kappa shape index (κ1) is 24.6. The first-order valence-corrected chi connectivity index (χ1v) is 12.9. The highest BCUT2D eigenvalue weighted by Crippen LogP contribution is 2.59. The molecule has 0 spiro atoms. The van der Waals surface area contributed by atoms with E-state index in [9.17, 15) is 20.1 Å². The summed E-state index contributed by atoms with van der Waals surface area (Å²) < 4.78 is 0. The molecule has 4 fully saturated rings. The number of carbonyl (C=O) groups is 1. The molecule has 0 aromatic rings. The van der Waals surface area contributed by atoms with E-state index in [4.69, 9.17) is 0 Å². The van der Waals surface area contributed by atoms with Gasteiger partial charge in [-0.3, -0.25) is 4.79 Å². The van der Waals surface area contributed by atoms with Crippen LogP contribution in [-0.2, 0) is 4.79 Å². The second-order valence-corrected chi connectivity index (χ2v) is 11.6. The van der Waals surface area contributed by atoms with Gasteiger partial charge in [0.2, 0.25) is 0 Å². The summed E-state index contributed by atoms with van der Waals surface area (Å²) in [5, 5.41) is 30.9. The van der Waals surface area contributed by atoms with E-state index in [-0.39, 0.29) is 11.2 Å². The van der Waals surface area contributed by atoms with Gasteiger partial charge in [-0.05, 0) is 93.5 Å². The summed E-state index contributed by atoms with van der Waals surface area (Å²) in [4.78, 5) is 11.9. The highest BCUT2D eigenvalue weighted by molar-refractivity contribution is 5.86. The Bertz CT molecular complexity index is 860. The quantitative estimate of drug-likeness (QED) is 0.491. The SMILES string of the molecule is C=C1C(O)CC(=CC=C2CCCC3(C)C2CCC3C(C)C=CC(O)C2(C(C)=O)CC2)CC1O. The second kappa shape index (κ2) is 9.28. The molecule has 4 saturated carbocycles. The molecule has 0 aliphatic heterocycles. The number of fused-ring (bicyclic) bond motifs is 1. The summed E-state index contributed by atoms with van der Waals surface area (Å²) in [5.41, 5.74) is 2.87. The van der Waals surface area contributed by atoms with Gasteiger partial charge in [-0.1, -0.05) is 55.9 Å². The Hall–Kier alpha value is -1.49. The van der Waals surface area contributed by atoms with Crippen LogP contribution in [0.5, 0.6) is 0 Å². The summed E-state index contributed by atoms with van der Waals surface area (Å²) in [6.07, 6.45) is 15.2. The Morgan fingerprint density at radius 3 is 2.36 bits per heavy atom. The van der Waals surface area contributed by atoms with Crippen molar-refractivity contribution in [3.8, 4) is 0 Å². The molecule has 0 amide bonds. The lowest BCUT2D eigenvalue weighted by molar-refractivity contribution is -0.124. The lowest BCUT2D eigenvalue weighted by atomic mass is 9.61. The van der Waals surface area contributed by atoms with Gasteiger partial charge < -0.3 is 15.3 Å². The minimum Gasteiger partial charge on any atom is -0.388 e. The topological polar surface area (TPSA) is 77.8 Å². The third kappa shape index (κ3) is 4.59. The van der Waals surface area contributed by atoms with Crippen LogP contribution >= 0.6 is 0 Å². The molecule has 0 radical (unpaired) electrons. The van der Waals surface area contributed by atoms with Crippen LogP contribution in [0.3, 0.4) is 0 Å². The van der Waals surface area contributed by atoms with E-state index in [2.05, 4.69) is 38.7 Å². The van der Waals surface area contributed by atoms with Crippen LogP contribution < -0.4 is 0 Å². The molecule has 4 heteroatoms. The minimum atomic E-state index is -0.659. The average Bonchev–Trinajstić information content (AvgIpc) is 3.51. The fraction of sp³-hybridized carbons (Fsp3) is 0.690. The molecular formula is C29H42O4. The molecule has 0 heterocycles. The van der Waals surface area contributed by atoms with Crippen LogP contribution in [0, 0.1) is 28.6 Å². The molecule has 182 valence electrons. The second-order valence-electron chi connectivity index (χ2n) is 11.6. The van der Waals surface area contributed by atoms with Crippen molar-refractivity contribution in [2.24, 2.45) is 28.6 Å². The zero-order valence-electron chi connectivity index (χ0n) is 20.6. The predicted molar refractivity (Wildman–Crippen MR) is 131 cm³/mol. The fourth-order valence-electron chi connectivity index (χ4n) is 7.16. The molecule has 4 aliphatic rings. The predicted octanol–water partition coefficient (Wildman–Crippen LogP) is 5.05. The van der Waals surface area contributed by atoms with Gasteiger partial charge in [-0.2, -0.15) is 0 Å². The lowest BCUT2D eigenvalue weighted by Gasteiger charge is -2.44. The average molecular weight is 455 g/mol. The molecule has 33 heavy (non-hydrogen) atoms. The van der Waals surface area contributed by atoms with Gasteiger partial charge in [-0.15, -0.1) is 0 Å². The van der Waals surface area contributed by atoms with Crippen LogP contribution in [0.1, 0.15) is 78.6 Å². The summed E-state index contributed by atoms with van der Waals surface area (Å²) in [6, 6.07) is 0. The highest BCUT2D eigenvalue weighted by atomic mass is 16.3. The van der Waals surface area contributed by atoms with E-state index in [1.807, 2.05) is 6.08 Å². The number of hydrogen-bond acceptors (Lipinski definition) is 4. The van der Waals surface area contributed by atoms with E-state index in [1.54, 1.807) is 6.92 Å². The number of allylic oxidation sites excluding steroid dienone is 4. The first-order chi connectivity index (χ1) is 15.6. The molecule has 0 aromatic heterocycles. The number of carbonyl (C=O) groups excluding carboxylic acids is 1. The van der Waals surface area contributed by atoms with Crippen molar-refractivity contribution in [1.29, 1.82) is 0 Å². The molecule has 4 rings (SSSR count). The summed E-state index contributed by atoms with van der Waals surface area (Å²) >= 11 is 0. The molecule has 4 nitrogen and oxygen atoms in total. The minimum absolute atomic E-state index is 0.110.